The Morgan fingerprint density at radius 3 is 2.67 bits per heavy atom. The average Bonchev–Trinajstić information content (AvgIpc) is 2.43. The third-order valence-corrected chi connectivity index (χ3v) is 3.29. The van der Waals surface area contributed by atoms with Crippen LogP contribution in [0.2, 0.25) is 5.28 Å². The highest BCUT2D eigenvalue weighted by atomic mass is 35.5. The van der Waals surface area contributed by atoms with Crippen LogP contribution in [0, 0.1) is 0 Å². The molecule has 0 atom stereocenters. The smallest absolute Gasteiger partial charge is 0.322 e. The number of nitrogens with one attached hydrogen (secondary N) is 1. The number of aromatic nitrogens is 3. The minimum atomic E-state index is 0.151. The molecule has 21 heavy (non-hydrogen) atoms. The molecule has 1 aromatic heterocycles. The second kappa shape index (κ2) is 9.73. The van der Waals surface area contributed by atoms with E-state index in [4.69, 9.17) is 16.3 Å². The molecule has 0 aliphatic rings. The zero-order valence-corrected chi connectivity index (χ0v) is 14.2. The normalized spacial score (nSPS) is 11.2. The summed E-state index contributed by atoms with van der Waals surface area (Å²) in [4.78, 5) is 14.5. The van der Waals surface area contributed by atoms with Gasteiger partial charge in [-0.3, -0.25) is 0 Å². The van der Waals surface area contributed by atoms with E-state index in [2.05, 4.69) is 46.1 Å². The summed E-state index contributed by atoms with van der Waals surface area (Å²) in [6.07, 6.45) is 3.07. The topological polar surface area (TPSA) is 63.2 Å². The Balaban J connectivity index is 2.33. The van der Waals surface area contributed by atoms with Crippen molar-refractivity contribution in [2.45, 2.75) is 46.1 Å². The molecule has 0 aliphatic carbocycles. The van der Waals surface area contributed by atoms with Crippen LogP contribution in [-0.4, -0.2) is 52.6 Å². The molecule has 0 aromatic carbocycles. The lowest BCUT2D eigenvalue weighted by Gasteiger charge is -2.20. The largest absolute Gasteiger partial charge is 0.463 e. The Hall–Kier alpha value is -1.14. The van der Waals surface area contributed by atoms with Gasteiger partial charge in [-0.05, 0) is 58.3 Å². The number of ether oxygens (including phenoxy) is 1. The van der Waals surface area contributed by atoms with E-state index >= 15 is 0 Å². The molecule has 7 heteroatoms. The molecular formula is C14H26ClN5O. The highest BCUT2D eigenvalue weighted by Gasteiger charge is 2.06. The van der Waals surface area contributed by atoms with Gasteiger partial charge in [-0.1, -0.05) is 6.92 Å². The maximum Gasteiger partial charge on any atom is 0.322 e. The number of hydrogen-bond acceptors (Lipinski definition) is 6. The molecular weight excluding hydrogens is 290 g/mol. The van der Waals surface area contributed by atoms with Crippen molar-refractivity contribution < 1.29 is 4.74 Å². The van der Waals surface area contributed by atoms with E-state index in [0.717, 1.165) is 32.4 Å². The van der Waals surface area contributed by atoms with Crippen molar-refractivity contribution in [2.75, 3.05) is 32.1 Å². The summed E-state index contributed by atoms with van der Waals surface area (Å²) in [7, 11) is 2.14. The highest BCUT2D eigenvalue weighted by molar-refractivity contribution is 6.28. The molecule has 0 saturated carbocycles. The summed E-state index contributed by atoms with van der Waals surface area (Å²) in [5.74, 6) is 0.471. The predicted octanol–water partition coefficient (Wildman–Crippen LogP) is 2.85. The van der Waals surface area contributed by atoms with Gasteiger partial charge in [0.25, 0.3) is 0 Å². The highest BCUT2D eigenvalue weighted by Crippen LogP contribution is 2.11. The van der Waals surface area contributed by atoms with Gasteiger partial charge in [0.05, 0.1) is 6.61 Å². The Morgan fingerprint density at radius 2 is 2.00 bits per heavy atom. The predicted molar refractivity (Wildman–Crippen MR) is 86.1 cm³/mol. The lowest BCUT2D eigenvalue weighted by molar-refractivity contribution is 0.269. The molecule has 0 saturated heterocycles. The molecule has 0 bridgehead atoms. The minimum absolute atomic E-state index is 0.151. The Bertz CT molecular complexity index is 416. The summed E-state index contributed by atoms with van der Waals surface area (Å²) >= 11 is 5.86. The summed E-state index contributed by atoms with van der Waals surface area (Å²) < 4.78 is 5.37. The van der Waals surface area contributed by atoms with Crippen LogP contribution in [0.25, 0.3) is 0 Å². The average molecular weight is 316 g/mol. The third-order valence-electron chi connectivity index (χ3n) is 3.13. The second-order valence-corrected chi connectivity index (χ2v) is 5.61. The SMILES string of the molecule is CCCOc1nc(Cl)nc(NCCCCN(C)C(C)C)n1. The van der Waals surface area contributed by atoms with Crippen LogP contribution in [0.4, 0.5) is 5.95 Å². The quantitative estimate of drug-likeness (QED) is 0.670. The second-order valence-electron chi connectivity index (χ2n) is 5.27. The molecule has 1 rings (SSSR count). The molecule has 0 spiro atoms. The first-order valence-corrected chi connectivity index (χ1v) is 7.89. The fraction of sp³-hybridized carbons (Fsp3) is 0.786. The van der Waals surface area contributed by atoms with Crippen molar-refractivity contribution >= 4 is 17.5 Å². The van der Waals surface area contributed by atoms with E-state index in [1.54, 1.807) is 0 Å². The first kappa shape index (κ1) is 17.9. The van der Waals surface area contributed by atoms with Crippen molar-refractivity contribution in [2.24, 2.45) is 0 Å². The summed E-state index contributed by atoms with van der Waals surface area (Å²) in [6, 6.07) is 0.859. The van der Waals surface area contributed by atoms with Crippen LogP contribution < -0.4 is 10.1 Å². The van der Waals surface area contributed by atoms with Gasteiger partial charge in [0, 0.05) is 12.6 Å². The first-order valence-electron chi connectivity index (χ1n) is 7.51. The molecule has 0 aliphatic heterocycles. The Morgan fingerprint density at radius 1 is 1.24 bits per heavy atom. The fourth-order valence-electron chi connectivity index (χ4n) is 1.61. The molecule has 1 N–H and O–H groups in total. The van der Waals surface area contributed by atoms with Gasteiger partial charge in [-0.2, -0.15) is 15.0 Å². The molecule has 1 aromatic rings. The molecule has 0 amide bonds. The van der Waals surface area contributed by atoms with Crippen LogP contribution in [0.3, 0.4) is 0 Å². The zero-order valence-electron chi connectivity index (χ0n) is 13.4. The lowest BCUT2D eigenvalue weighted by atomic mass is 10.2. The van der Waals surface area contributed by atoms with Crippen LogP contribution in [0.5, 0.6) is 6.01 Å². The van der Waals surface area contributed by atoms with Crippen LogP contribution in [0.1, 0.15) is 40.0 Å². The van der Waals surface area contributed by atoms with Crippen molar-refractivity contribution in [1.29, 1.82) is 0 Å². The fourth-order valence-corrected chi connectivity index (χ4v) is 1.77. The molecule has 1 heterocycles. The van der Waals surface area contributed by atoms with Gasteiger partial charge >= 0.3 is 6.01 Å². The number of rotatable bonds is 10. The van der Waals surface area contributed by atoms with E-state index in [9.17, 15) is 0 Å². The van der Waals surface area contributed by atoms with Crippen molar-refractivity contribution in [3.05, 3.63) is 5.28 Å². The maximum atomic E-state index is 5.86. The van der Waals surface area contributed by atoms with Crippen LogP contribution >= 0.6 is 11.6 Å². The molecule has 6 nitrogen and oxygen atoms in total. The molecule has 0 unspecified atom stereocenters. The maximum absolute atomic E-state index is 5.86. The van der Waals surface area contributed by atoms with Gasteiger partial charge in [0.15, 0.2) is 0 Å². The Kier molecular flexibility index (Phi) is 8.30. The molecule has 120 valence electrons. The zero-order chi connectivity index (χ0) is 15.7. The van der Waals surface area contributed by atoms with E-state index in [1.165, 1.54) is 0 Å². The van der Waals surface area contributed by atoms with E-state index in [1.807, 2.05) is 6.92 Å². The standard InChI is InChI=1S/C14H26ClN5O/c1-5-10-21-14-18-12(15)17-13(19-14)16-8-6-7-9-20(4)11(2)3/h11H,5-10H2,1-4H3,(H,16,17,18,19). The van der Waals surface area contributed by atoms with Crippen molar-refractivity contribution in [3.8, 4) is 6.01 Å². The molecule has 0 radical (unpaired) electrons. The number of halogens is 1. The first-order chi connectivity index (χ1) is 10.0. The summed E-state index contributed by atoms with van der Waals surface area (Å²) in [5, 5.41) is 3.31. The number of unbranched alkanes of at least 4 members (excludes halogenated alkanes) is 1. The number of nitrogens with zero attached hydrogens (tertiary/aromatic N) is 4. The van der Waals surface area contributed by atoms with Gasteiger partial charge in [-0.25, -0.2) is 0 Å². The van der Waals surface area contributed by atoms with E-state index in [0.29, 0.717) is 18.6 Å². The van der Waals surface area contributed by atoms with Crippen LogP contribution in [0.15, 0.2) is 0 Å². The molecule has 0 fully saturated rings. The van der Waals surface area contributed by atoms with Gasteiger partial charge in [0.2, 0.25) is 11.2 Å². The number of anilines is 1. The third kappa shape index (κ3) is 7.43. The Labute approximate surface area is 132 Å². The van der Waals surface area contributed by atoms with Crippen LogP contribution in [-0.2, 0) is 0 Å². The van der Waals surface area contributed by atoms with Gasteiger partial charge in [0.1, 0.15) is 0 Å². The summed E-state index contributed by atoms with van der Waals surface area (Å²) in [6.45, 7) is 8.88. The summed E-state index contributed by atoms with van der Waals surface area (Å²) in [5.41, 5.74) is 0. The van der Waals surface area contributed by atoms with Gasteiger partial charge < -0.3 is 15.0 Å². The van der Waals surface area contributed by atoms with E-state index in [-0.39, 0.29) is 11.3 Å². The van der Waals surface area contributed by atoms with Crippen molar-refractivity contribution in [3.63, 3.8) is 0 Å². The minimum Gasteiger partial charge on any atom is -0.463 e. The van der Waals surface area contributed by atoms with Gasteiger partial charge in [-0.15, -0.1) is 0 Å². The number of hydrogen-bond donors (Lipinski definition) is 1. The van der Waals surface area contributed by atoms with E-state index < -0.39 is 0 Å². The van der Waals surface area contributed by atoms with Crippen molar-refractivity contribution in [1.82, 2.24) is 19.9 Å². The monoisotopic (exact) mass is 315 g/mol. The lowest BCUT2D eigenvalue weighted by Crippen LogP contribution is -2.27.